The van der Waals surface area contributed by atoms with Crippen LogP contribution in [0.1, 0.15) is 32.6 Å². The number of nitrogens with two attached hydrogens (primary N) is 1. The Hall–Kier alpha value is -1.10. The highest BCUT2D eigenvalue weighted by atomic mass is 16.2. The van der Waals surface area contributed by atoms with E-state index >= 15 is 0 Å². The first-order valence-electron chi connectivity index (χ1n) is 5.89. The maximum Gasteiger partial charge on any atom is 0.318 e. The summed E-state index contributed by atoms with van der Waals surface area (Å²) >= 11 is 0. The molecule has 3 amide bonds. The van der Waals surface area contributed by atoms with E-state index < -0.39 is 6.03 Å². The molecule has 0 aromatic rings. The quantitative estimate of drug-likeness (QED) is 0.657. The van der Waals surface area contributed by atoms with Crippen LogP contribution in [0.4, 0.5) is 4.79 Å². The van der Waals surface area contributed by atoms with Gasteiger partial charge in [0.2, 0.25) is 5.91 Å². The summed E-state index contributed by atoms with van der Waals surface area (Å²) in [5.41, 5.74) is 4.83. The van der Waals surface area contributed by atoms with Gasteiger partial charge in [-0.05, 0) is 24.8 Å². The van der Waals surface area contributed by atoms with E-state index in [0.29, 0.717) is 5.92 Å². The number of amides is 3. The standard InChI is InChI=1S/C11H21N3O2/c1-8-4-2-3-5-9(8)6-13-7-10(15)14-11(12)16/h8-9,13H,2-7H2,1H3,(H3,12,14,15,16). The van der Waals surface area contributed by atoms with Gasteiger partial charge in [0, 0.05) is 0 Å². The molecule has 0 radical (unpaired) electrons. The molecule has 1 fully saturated rings. The lowest BCUT2D eigenvalue weighted by Gasteiger charge is -2.28. The number of hydrogen-bond acceptors (Lipinski definition) is 3. The molecule has 0 spiro atoms. The number of carbonyl (C=O) groups excluding carboxylic acids is 2. The van der Waals surface area contributed by atoms with Crippen molar-refractivity contribution in [3.05, 3.63) is 0 Å². The van der Waals surface area contributed by atoms with Crippen LogP contribution in [-0.4, -0.2) is 25.0 Å². The molecule has 0 bridgehead atoms. The average molecular weight is 227 g/mol. The molecular weight excluding hydrogens is 206 g/mol. The highest BCUT2D eigenvalue weighted by molar-refractivity contribution is 5.94. The normalized spacial score (nSPS) is 25.1. The number of rotatable bonds is 4. The van der Waals surface area contributed by atoms with E-state index in [-0.39, 0.29) is 12.5 Å². The summed E-state index contributed by atoms with van der Waals surface area (Å²) in [5.74, 6) is 1.01. The van der Waals surface area contributed by atoms with Crippen LogP contribution in [0.15, 0.2) is 0 Å². The van der Waals surface area contributed by atoms with Gasteiger partial charge in [0.15, 0.2) is 0 Å². The molecule has 4 N–H and O–H groups in total. The van der Waals surface area contributed by atoms with Crippen LogP contribution in [-0.2, 0) is 4.79 Å². The molecule has 0 aliphatic heterocycles. The van der Waals surface area contributed by atoms with E-state index in [0.717, 1.165) is 12.5 Å². The summed E-state index contributed by atoms with van der Waals surface area (Å²) in [6.45, 7) is 3.26. The van der Waals surface area contributed by atoms with E-state index in [1.165, 1.54) is 25.7 Å². The minimum Gasteiger partial charge on any atom is -0.351 e. The second kappa shape index (κ2) is 6.48. The predicted molar refractivity (Wildman–Crippen MR) is 61.7 cm³/mol. The first kappa shape index (κ1) is 13.0. The Balaban J connectivity index is 2.14. The zero-order chi connectivity index (χ0) is 12.0. The van der Waals surface area contributed by atoms with Gasteiger partial charge in [0.25, 0.3) is 0 Å². The number of imide groups is 1. The van der Waals surface area contributed by atoms with Gasteiger partial charge >= 0.3 is 6.03 Å². The Morgan fingerprint density at radius 3 is 2.62 bits per heavy atom. The molecule has 92 valence electrons. The first-order chi connectivity index (χ1) is 7.59. The number of hydrogen-bond donors (Lipinski definition) is 3. The van der Waals surface area contributed by atoms with Crippen molar-refractivity contribution < 1.29 is 9.59 Å². The molecule has 1 aliphatic carbocycles. The van der Waals surface area contributed by atoms with Crippen molar-refractivity contribution in [1.82, 2.24) is 10.6 Å². The maximum atomic E-state index is 11.1. The van der Waals surface area contributed by atoms with E-state index in [1.807, 2.05) is 5.32 Å². The van der Waals surface area contributed by atoms with Gasteiger partial charge in [-0.1, -0.05) is 26.2 Å². The molecule has 5 heteroatoms. The molecule has 1 aliphatic rings. The number of nitrogens with one attached hydrogen (secondary N) is 2. The molecule has 0 aromatic carbocycles. The van der Waals surface area contributed by atoms with Crippen LogP contribution in [0, 0.1) is 11.8 Å². The molecule has 5 nitrogen and oxygen atoms in total. The lowest BCUT2D eigenvalue weighted by atomic mass is 9.80. The number of primary amides is 1. The van der Waals surface area contributed by atoms with E-state index in [2.05, 4.69) is 12.2 Å². The zero-order valence-electron chi connectivity index (χ0n) is 9.79. The smallest absolute Gasteiger partial charge is 0.318 e. The van der Waals surface area contributed by atoms with Crippen LogP contribution >= 0.6 is 0 Å². The monoisotopic (exact) mass is 227 g/mol. The van der Waals surface area contributed by atoms with E-state index in [9.17, 15) is 9.59 Å². The van der Waals surface area contributed by atoms with Gasteiger partial charge in [0.05, 0.1) is 6.54 Å². The Kier molecular flexibility index (Phi) is 5.25. The van der Waals surface area contributed by atoms with Crippen molar-refractivity contribution >= 4 is 11.9 Å². The summed E-state index contributed by atoms with van der Waals surface area (Å²) in [5, 5.41) is 5.10. The Bertz CT molecular complexity index is 256. The van der Waals surface area contributed by atoms with Gasteiger partial charge in [0.1, 0.15) is 0 Å². The predicted octanol–water partition coefficient (Wildman–Crippen LogP) is 0.597. The van der Waals surface area contributed by atoms with Gasteiger partial charge in [-0.3, -0.25) is 10.1 Å². The van der Waals surface area contributed by atoms with Crippen molar-refractivity contribution in [2.45, 2.75) is 32.6 Å². The second-order valence-electron chi connectivity index (χ2n) is 4.57. The van der Waals surface area contributed by atoms with Crippen LogP contribution in [0.2, 0.25) is 0 Å². The Morgan fingerprint density at radius 2 is 2.00 bits per heavy atom. The molecule has 2 unspecified atom stereocenters. The minimum absolute atomic E-state index is 0.159. The lowest BCUT2D eigenvalue weighted by Crippen LogP contribution is -2.42. The summed E-state index contributed by atoms with van der Waals surface area (Å²) in [7, 11) is 0. The molecule has 1 rings (SSSR count). The summed E-state index contributed by atoms with van der Waals surface area (Å²) < 4.78 is 0. The van der Waals surface area contributed by atoms with Gasteiger partial charge < -0.3 is 11.1 Å². The number of urea groups is 1. The summed E-state index contributed by atoms with van der Waals surface area (Å²) in [4.78, 5) is 21.5. The third-order valence-corrected chi connectivity index (χ3v) is 3.24. The Morgan fingerprint density at radius 1 is 1.31 bits per heavy atom. The fourth-order valence-corrected chi connectivity index (χ4v) is 2.25. The van der Waals surface area contributed by atoms with Crippen molar-refractivity contribution in [1.29, 1.82) is 0 Å². The van der Waals surface area contributed by atoms with Crippen LogP contribution in [0.25, 0.3) is 0 Å². The molecular formula is C11H21N3O2. The lowest BCUT2D eigenvalue weighted by molar-refractivity contribution is -0.119. The fourth-order valence-electron chi connectivity index (χ4n) is 2.25. The van der Waals surface area contributed by atoms with Gasteiger partial charge in [-0.15, -0.1) is 0 Å². The van der Waals surface area contributed by atoms with Crippen LogP contribution < -0.4 is 16.4 Å². The van der Waals surface area contributed by atoms with Crippen molar-refractivity contribution in [3.8, 4) is 0 Å². The zero-order valence-corrected chi connectivity index (χ0v) is 9.79. The van der Waals surface area contributed by atoms with Crippen molar-refractivity contribution in [2.24, 2.45) is 17.6 Å². The summed E-state index contributed by atoms with van der Waals surface area (Å²) in [6, 6.07) is -0.794. The third kappa shape index (κ3) is 4.61. The molecule has 2 atom stereocenters. The topological polar surface area (TPSA) is 84.2 Å². The van der Waals surface area contributed by atoms with Crippen molar-refractivity contribution in [3.63, 3.8) is 0 Å². The van der Waals surface area contributed by atoms with Crippen molar-refractivity contribution in [2.75, 3.05) is 13.1 Å². The second-order valence-corrected chi connectivity index (χ2v) is 4.57. The number of carbonyl (C=O) groups is 2. The Labute approximate surface area is 96.1 Å². The minimum atomic E-state index is -0.794. The molecule has 0 aromatic heterocycles. The SMILES string of the molecule is CC1CCCCC1CNCC(=O)NC(N)=O. The van der Waals surface area contributed by atoms with Gasteiger partial charge in [-0.2, -0.15) is 0 Å². The van der Waals surface area contributed by atoms with Crippen LogP contribution in [0.5, 0.6) is 0 Å². The largest absolute Gasteiger partial charge is 0.351 e. The molecule has 1 saturated carbocycles. The van der Waals surface area contributed by atoms with E-state index in [1.54, 1.807) is 0 Å². The third-order valence-electron chi connectivity index (χ3n) is 3.24. The van der Waals surface area contributed by atoms with Crippen LogP contribution in [0.3, 0.4) is 0 Å². The highest BCUT2D eigenvalue weighted by Gasteiger charge is 2.20. The first-order valence-corrected chi connectivity index (χ1v) is 5.89. The maximum absolute atomic E-state index is 11.1. The average Bonchev–Trinajstić information content (AvgIpc) is 2.19. The van der Waals surface area contributed by atoms with E-state index in [4.69, 9.17) is 5.73 Å². The molecule has 16 heavy (non-hydrogen) atoms. The molecule has 0 heterocycles. The fraction of sp³-hybridized carbons (Fsp3) is 0.818. The van der Waals surface area contributed by atoms with Gasteiger partial charge in [-0.25, -0.2) is 4.79 Å². The summed E-state index contributed by atoms with van der Waals surface area (Å²) in [6.07, 6.45) is 5.11. The highest BCUT2D eigenvalue weighted by Crippen LogP contribution is 2.28. The molecule has 0 saturated heterocycles.